The third-order valence-electron chi connectivity index (χ3n) is 3.89. The number of carbonyl (C=O) groups excluding carboxylic acids is 1. The number of ether oxygens (including phenoxy) is 1. The molecule has 0 aliphatic carbocycles. The summed E-state index contributed by atoms with van der Waals surface area (Å²) in [6.45, 7) is 2.69. The van der Waals surface area contributed by atoms with Crippen molar-refractivity contribution in [3.63, 3.8) is 0 Å². The number of piperazine rings is 1. The number of thiophene rings is 1. The van der Waals surface area contributed by atoms with Gasteiger partial charge in [-0.25, -0.2) is 13.4 Å². The first-order valence-corrected chi connectivity index (χ1v) is 10.5. The minimum Gasteiger partial charge on any atom is -0.494 e. The van der Waals surface area contributed by atoms with E-state index in [1.807, 2.05) is 6.92 Å². The highest BCUT2D eigenvalue weighted by Gasteiger charge is 2.36. The summed E-state index contributed by atoms with van der Waals surface area (Å²) in [4.78, 5) is 18.2. The summed E-state index contributed by atoms with van der Waals surface area (Å²) < 4.78 is 32.4. The fraction of sp³-hybridized carbons (Fsp3) is 0.429. The molecular weight excluding hydrogens is 370 g/mol. The van der Waals surface area contributed by atoms with Gasteiger partial charge in [-0.2, -0.15) is 4.31 Å². The van der Waals surface area contributed by atoms with Crippen molar-refractivity contribution in [2.45, 2.75) is 17.2 Å². The van der Waals surface area contributed by atoms with Crippen LogP contribution < -0.4 is 4.74 Å². The first-order chi connectivity index (χ1) is 11.4. The molecule has 10 heteroatoms. The van der Waals surface area contributed by atoms with E-state index in [0.717, 1.165) is 11.3 Å². The van der Waals surface area contributed by atoms with Gasteiger partial charge in [0, 0.05) is 31.1 Å². The minimum absolute atomic E-state index is 0.158. The topological polar surface area (TPSA) is 79.8 Å². The van der Waals surface area contributed by atoms with Crippen LogP contribution in [0.3, 0.4) is 0 Å². The highest BCUT2D eigenvalue weighted by Crippen LogP contribution is 2.33. The van der Waals surface area contributed by atoms with Crippen molar-refractivity contribution in [1.82, 2.24) is 14.2 Å². The molecule has 1 atom stereocenters. The molecule has 2 aromatic rings. The summed E-state index contributed by atoms with van der Waals surface area (Å²) >= 11 is 2.50. The SMILES string of the molecule is COc1ccsc1S(=O)(=O)N1CCN(C(=O)c2cscn2)[C@@H](C)C1. The number of hydrogen-bond acceptors (Lipinski definition) is 7. The predicted molar refractivity (Wildman–Crippen MR) is 92.2 cm³/mol. The molecule has 1 amide bonds. The monoisotopic (exact) mass is 387 g/mol. The van der Waals surface area contributed by atoms with Crippen molar-refractivity contribution >= 4 is 38.6 Å². The van der Waals surface area contributed by atoms with Crippen LogP contribution in [0.2, 0.25) is 0 Å². The molecule has 3 rings (SSSR count). The van der Waals surface area contributed by atoms with Gasteiger partial charge in [0.2, 0.25) is 0 Å². The fourth-order valence-corrected chi connectivity index (χ4v) is 6.10. The molecule has 0 aromatic carbocycles. The van der Waals surface area contributed by atoms with Crippen LogP contribution in [0.4, 0.5) is 0 Å². The summed E-state index contributed by atoms with van der Waals surface area (Å²) in [5.41, 5.74) is 2.02. The second-order valence-corrected chi connectivity index (χ2v) is 9.13. The number of aromatic nitrogens is 1. The largest absolute Gasteiger partial charge is 0.494 e. The third kappa shape index (κ3) is 3.06. The smallest absolute Gasteiger partial charge is 0.273 e. The number of sulfonamides is 1. The zero-order chi connectivity index (χ0) is 17.3. The van der Waals surface area contributed by atoms with Crippen LogP contribution in [0.1, 0.15) is 17.4 Å². The zero-order valence-corrected chi connectivity index (χ0v) is 15.7. The fourth-order valence-electron chi connectivity index (χ4n) is 2.65. The van der Waals surface area contributed by atoms with Crippen molar-refractivity contribution in [2.75, 3.05) is 26.7 Å². The number of methoxy groups -OCH3 is 1. The normalized spacial score (nSPS) is 19.4. The lowest BCUT2D eigenvalue weighted by Gasteiger charge is -2.38. The van der Waals surface area contributed by atoms with E-state index in [1.54, 1.807) is 27.2 Å². The zero-order valence-electron chi connectivity index (χ0n) is 13.2. The van der Waals surface area contributed by atoms with E-state index in [0.29, 0.717) is 18.0 Å². The number of thiazole rings is 1. The molecule has 7 nitrogen and oxygen atoms in total. The highest BCUT2D eigenvalue weighted by atomic mass is 32.2. The van der Waals surface area contributed by atoms with Crippen molar-refractivity contribution in [3.05, 3.63) is 28.0 Å². The predicted octanol–water partition coefficient (Wildman–Crippen LogP) is 1.75. The molecule has 24 heavy (non-hydrogen) atoms. The molecule has 1 fully saturated rings. The Morgan fingerprint density at radius 3 is 2.83 bits per heavy atom. The lowest BCUT2D eigenvalue weighted by Crippen LogP contribution is -2.55. The Bertz CT molecular complexity index is 816. The molecule has 3 heterocycles. The molecule has 0 radical (unpaired) electrons. The number of rotatable bonds is 4. The van der Waals surface area contributed by atoms with Crippen LogP contribution in [0.25, 0.3) is 0 Å². The van der Waals surface area contributed by atoms with Crippen LogP contribution >= 0.6 is 22.7 Å². The quantitative estimate of drug-likeness (QED) is 0.798. The van der Waals surface area contributed by atoms with Gasteiger partial charge in [0.15, 0.2) is 4.21 Å². The standard InChI is InChI=1S/C14H17N3O4S3/c1-10-7-16(24(19,20)14-12(21-2)3-6-23-14)4-5-17(10)13(18)11-8-22-9-15-11/h3,6,8-10H,4-5,7H2,1-2H3/t10-/m0/s1. The number of carbonyl (C=O) groups is 1. The molecule has 0 spiro atoms. The van der Waals surface area contributed by atoms with E-state index in [1.165, 1.54) is 22.8 Å². The molecule has 2 aromatic heterocycles. The van der Waals surface area contributed by atoms with Gasteiger partial charge >= 0.3 is 0 Å². The van der Waals surface area contributed by atoms with Gasteiger partial charge in [0.05, 0.1) is 12.6 Å². The van der Waals surface area contributed by atoms with Crippen molar-refractivity contribution in [1.29, 1.82) is 0 Å². The van der Waals surface area contributed by atoms with Crippen molar-refractivity contribution in [3.8, 4) is 5.75 Å². The Labute approximate surface area is 148 Å². The second kappa shape index (κ2) is 6.79. The maximum absolute atomic E-state index is 12.8. The van der Waals surface area contributed by atoms with E-state index >= 15 is 0 Å². The molecule has 0 saturated carbocycles. The minimum atomic E-state index is -3.62. The summed E-state index contributed by atoms with van der Waals surface area (Å²) in [6, 6.07) is 1.41. The van der Waals surface area contributed by atoms with E-state index in [-0.39, 0.29) is 29.2 Å². The summed E-state index contributed by atoms with van der Waals surface area (Å²) in [5, 5.41) is 3.39. The average molecular weight is 388 g/mol. The summed E-state index contributed by atoms with van der Waals surface area (Å²) in [6.07, 6.45) is 0. The highest BCUT2D eigenvalue weighted by molar-refractivity contribution is 7.91. The van der Waals surface area contributed by atoms with Gasteiger partial charge in [-0.3, -0.25) is 4.79 Å². The van der Waals surface area contributed by atoms with Crippen LogP contribution in [-0.2, 0) is 10.0 Å². The number of amides is 1. The maximum Gasteiger partial charge on any atom is 0.273 e. The molecule has 0 N–H and O–H groups in total. The van der Waals surface area contributed by atoms with Crippen LogP contribution in [0.5, 0.6) is 5.75 Å². The van der Waals surface area contributed by atoms with Gasteiger partial charge in [-0.1, -0.05) is 0 Å². The first-order valence-electron chi connectivity index (χ1n) is 7.26. The molecule has 1 aliphatic heterocycles. The molecule has 1 saturated heterocycles. The molecular formula is C14H17N3O4S3. The molecule has 0 unspecified atom stereocenters. The third-order valence-corrected chi connectivity index (χ3v) is 7.77. The van der Waals surface area contributed by atoms with Gasteiger partial charge < -0.3 is 9.64 Å². The van der Waals surface area contributed by atoms with Gasteiger partial charge in [-0.15, -0.1) is 22.7 Å². The molecule has 1 aliphatic rings. The van der Waals surface area contributed by atoms with Gasteiger partial charge in [-0.05, 0) is 18.4 Å². The van der Waals surface area contributed by atoms with E-state index in [4.69, 9.17) is 4.74 Å². The van der Waals surface area contributed by atoms with Crippen molar-refractivity contribution < 1.29 is 17.9 Å². The van der Waals surface area contributed by atoms with Gasteiger partial charge in [0.25, 0.3) is 15.9 Å². The maximum atomic E-state index is 12.8. The Kier molecular flexibility index (Phi) is 4.90. The van der Waals surface area contributed by atoms with Crippen LogP contribution in [0, 0.1) is 0 Å². The van der Waals surface area contributed by atoms with E-state index in [2.05, 4.69) is 4.98 Å². The average Bonchev–Trinajstić information content (AvgIpc) is 3.25. The van der Waals surface area contributed by atoms with E-state index in [9.17, 15) is 13.2 Å². The van der Waals surface area contributed by atoms with E-state index < -0.39 is 10.0 Å². The first kappa shape index (κ1) is 17.3. The molecule has 0 bridgehead atoms. The Balaban J connectivity index is 1.77. The summed E-state index contributed by atoms with van der Waals surface area (Å²) in [5.74, 6) is 0.197. The Hall–Kier alpha value is -1.49. The van der Waals surface area contributed by atoms with Crippen molar-refractivity contribution in [2.24, 2.45) is 0 Å². The van der Waals surface area contributed by atoms with Crippen LogP contribution in [0.15, 0.2) is 26.5 Å². The Morgan fingerprint density at radius 1 is 1.42 bits per heavy atom. The van der Waals surface area contributed by atoms with Gasteiger partial charge in [0.1, 0.15) is 11.4 Å². The number of nitrogens with zero attached hydrogens (tertiary/aromatic N) is 3. The second-order valence-electron chi connectivity index (χ2n) is 5.36. The lowest BCUT2D eigenvalue weighted by atomic mass is 10.2. The number of hydrogen-bond donors (Lipinski definition) is 0. The molecule has 130 valence electrons. The lowest BCUT2D eigenvalue weighted by molar-refractivity contribution is 0.0586. The summed E-state index contributed by atoms with van der Waals surface area (Å²) in [7, 11) is -2.17. The van der Waals surface area contributed by atoms with Crippen LogP contribution in [-0.4, -0.2) is 61.3 Å². The Morgan fingerprint density at radius 2 is 2.21 bits per heavy atom.